The molecule has 0 aromatic heterocycles. The Labute approximate surface area is 119 Å². The van der Waals surface area contributed by atoms with Crippen molar-refractivity contribution in [3.8, 4) is 5.75 Å². The minimum absolute atomic E-state index is 0. The fourth-order valence-corrected chi connectivity index (χ4v) is 1.30. The van der Waals surface area contributed by atoms with Crippen LogP contribution in [0.25, 0.3) is 0 Å². The van der Waals surface area contributed by atoms with Gasteiger partial charge in [0.15, 0.2) is 0 Å². The summed E-state index contributed by atoms with van der Waals surface area (Å²) in [6, 6.07) is 8.25. The van der Waals surface area contributed by atoms with Crippen LogP contribution in [0, 0.1) is 0 Å². The number of rotatable bonds is 0. The van der Waals surface area contributed by atoms with E-state index in [1.165, 1.54) is 12.0 Å². The minimum atomic E-state index is -5.39. The molecule has 0 spiro atoms. The topological polar surface area (TPSA) is 127 Å². The van der Waals surface area contributed by atoms with Gasteiger partial charge in [-0.15, -0.1) is 0 Å². The molecule has 0 atom stereocenters. The number of hydrogen-bond donors (Lipinski definition) is 0. The normalized spacial score (nSPS) is 12.6. The fourth-order valence-electron chi connectivity index (χ4n) is 1.30. The van der Waals surface area contributed by atoms with E-state index < -0.39 is 7.82 Å². The largest absolute Gasteiger partial charge is 0.822 e. The van der Waals surface area contributed by atoms with Gasteiger partial charge >= 0.3 is 0 Å². The van der Waals surface area contributed by atoms with Crippen LogP contribution in [-0.4, -0.2) is 39.4 Å². The van der Waals surface area contributed by atoms with Crippen LogP contribution in [0.15, 0.2) is 24.3 Å². The van der Waals surface area contributed by atoms with Crippen molar-refractivity contribution in [1.82, 2.24) is 0 Å². The molecule has 0 aliphatic carbocycles. The second-order valence-corrected chi connectivity index (χ2v) is 3.90. The Hall–Kier alpha value is 0.0121. The van der Waals surface area contributed by atoms with Crippen molar-refractivity contribution in [2.45, 2.75) is 12.8 Å². The molecular weight excluding hydrogens is 442 g/mol. The van der Waals surface area contributed by atoms with E-state index in [-0.39, 0.29) is 32.8 Å². The summed E-state index contributed by atoms with van der Waals surface area (Å²) in [6.07, 6.45) is 2.34. The molecule has 0 unspecified atom stereocenters. The second-order valence-electron chi connectivity index (χ2n) is 3.01. The zero-order chi connectivity index (χ0) is 11.3. The van der Waals surface area contributed by atoms with Gasteiger partial charge in [-0.1, -0.05) is 18.2 Å². The Balaban J connectivity index is 0. The smallest absolute Gasteiger partial charge is 0.122 e. The summed E-state index contributed by atoms with van der Waals surface area (Å²) in [5.41, 5.74) is 1.36. The Kier molecular flexibility index (Phi) is 10.3. The van der Waals surface area contributed by atoms with Gasteiger partial charge in [0.05, 0.1) is 6.61 Å². The molecule has 96 valence electrons. The van der Waals surface area contributed by atoms with Crippen molar-refractivity contribution < 1.29 is 29.5 Å². The van der Waals surface area contributed by atoms with Crippen LogP contribution >= 0.6 is 7.82 Å². The number of aryl methyl sites for hydroxylation is 1. The zero-order valence-corrected chi connectivity index (χ0v) is 13.7. The van der Waals surface area contributed by atoms with Crippen molar-refractivity contribution >= 4 is 35.1 Å². The maximum absolute atomic E-state index is 8.55. The van der Waals surface area contributed by atoms with Gasteiger partial charge in [-0.05, 0) is 24.5 Å². The summed E-state index contributed by atoms with van der Waals surface area (Å²) >= 11 is 0. The second kappa shape index (κ2) is 9.01. The van der Waals surface area contributed by atoms with Crippen molar-refractivity contribution in [2.75, 3.05) is 6.61 Å². The van der Waals surface area contributed by atoms with E-state index in [2.05, 4.69) is 12.1 Å². The maximum atomic E-state index is 8.55. The molecule has 8 heteroatoms. The van der Waals surface area contributed by atoms with Crippen LogP contribution in [0.5, 0.6) is 5.75 Å². The van der Waals surface area contributed by atoms with Gasteiger partial charge in [-0.2, -0.15) is 7.82 Å². The third-order valence-electron chi connectivity index (χ3n) is 1.82. The van der Waals surface area contributed by atoms with E-state index in [4.69, 9.17) is 24.0 Å². The summed E-state index contributed by atoms with van der Waals surface area (Å²) in [5.74, 6) is 1.08. The first kappa shape index (κ1) is 19.4. The molecular formula is C9H12O6PPb-3. The van der Waals surface area contributed by atoms with Crippen molar-refractivity contribution in [3.05, 3.63) is 29.8 Å². The SMILES string of the molecule is O.O=P([O-])([O-])[O-].[Pb].c1ccc2c(c1)CCCO2. The molecule has 1 aromatic rings. The van der Waals surface area contributed by atoms with Crippen LogP contribution in [0.3, 0.4) is 0 Å². The number of hydrogen-bond acceptors (Lipinski definition) is 5. The Morgan fingerprint density at radius 3 is 2.24 bits per heavy atom. The average Bonchev–Trinajstić information content (AvgIpc) is 2.16. The minimum Gasteiger partial charge on any atom is -0.822 e. The van der Waals surface area contributed by atoms with Gasteiger partial charge in [0.1, 0.15) is 5.75 Å². The van der Waals surface area contributed by atoms with E-state index in [1.54, 1.807) is 0 Å². The molecule has 0 fully saturated rings. The molecule has 0 bridgehead atoms. The quantitative estimate of drug-likeness (QED) is 0.331. The van der Waals surface area contributed by atoms with Gasteiger partial charge < -0.3 is 29.5 Å². The average molecular weight is 454 g/mol. The standard InChI is InChI=1S/C9H10O.H3O4P.H2O.Pb/c1-2-6-9-8(4-1)5-3-7-10-9;1-5(2,3)4;;/h1-2,4,6H,3,5,7H2;(H3,1,2,3,4);1H2;/p-3. The van der Waals surface area contributed by atoms with Crippen molar-refractivity contribution in [3.63, 3.8) is 0 Å². The first-order valence-electron chi connectivity index (χ1n) is 4.40. The predicted molar refractivity (Wildman–Crippen MR) is 57.2 cm³/mol. The molecule has 17 heavy (non-hydrogen) atoms. The fraction of sp³-hybridized carbons (Fsp3) is 0.333. The van der Waals surface area contributed by atoms with Gasteiger partial charge in [0.25, 0.3) is 0 Å². The summed E-state index contributed by atoms with van der Waals surface area (Å²) in [4.78, 5) is 25.6. The Morgan fingerprint density at radius 2 is 1.71 bits per heavy atom. The van der Waals surface area contributed by atoms with E-state index >= 15 is 0 Å². The molecule has 4 radical (unpaired) electrons. The Morgan fingerprint density at radius 1 is 1.18 bits per heavy atom. The molecule has 6 nitrogen and oxygen atoms in total. The van der Waals surface area contributed by atoms with Crippen molar-refractivity contribution in [2.24, 2.45) is 0 Å². The number of benzene rings is 1. The molecule has 0 saturated carbocycles. The van der Waals surface area contributed by atoms with Crippen LogP contribution in [0.4, 0.5) is 0 Å². The molecule has 2 N–H and O–H groups in total. The maximum Gasteiger partial charge on any atom is 0.122 e. The summed E-state index contributed by atoms with van der Waals surface area (Å²) in [7, 11) is -5.39. The Bertz CT molecular complexity index is 333. The molecule has 0 saturated heterocycles. The number of ether oxygens (including phenoxy) is 1. The van der Waals surface area contributed by atoms with Gasteiger partial charge in [0, 0.05) is 27.3 Å². The molecule has 1 aliphatic heterocycles. The zero-order valence-electron chi connectivity index (χ0n) is 8.92. The van der Waals surface area contributed by atoms with Crippen LogP contribution in [0.1, 0.15) is 12.0 Å². The van der Waals surface area contributed by atoms with E-state index in [0.29, 0.717) is 0 Å². The van der Waals surface area contributed by atoms with Gasteiger partial charge in [-0.25, -0.2) is 0 Å². The monoisotopic (exact) mass is 455 g/mol. The number of para-hydroxylation sites is 1. The summed E-state index contributed by atoms with van der Waals surface area (Å²) in [5, 5.41) is 0. The predicted octanol–water partition coefficient (Wildman–Crippen LogP) is -2.02. The third kappa shape index (κ3) is 9.69. The van der Waals surface area contributed by atoms with Crippen LogP contribution in [0.2, 0.25) is 0 Å². The molecule has 1 heterocycles. The third-order valence-corrected chi connectivity index (χ3v) is 1.82. The first-order chi connectivity index (χ1) is 6.97. The molecule has 1 aromatic carbocycles. The van der Waals surface area contributed by atoms with Gasteiger partial charge in [0.2, 0.25) is 0 Å². The van der Waals surface area contributed by atoms with E-state index in [1.807, 2.05) is 12.1 Å². The molecule has 0 amide bonds. The first-order valence-corrected chi connectivity index (χ1v) is 5.86. The van der Waals surface area contributed by atoms with Gasteiger partial charge in [-0.3, -0.25) is 0 Å². The molecule has 2 rings (SSSR count). The van der Waals surface area contributed by atoms with E-state index in [0.717, 1.165) is 18.8 Å². The van der Waals surface area contributed by atoms with Crippen LogP contribution < -0.4 is 19.4 Å². The number of fused-ring (bicyclic) bond motifs is 1. The van der Waals surface area contributed by atoms with E-state index in [9.17, 15) is 0 Å². The van der Waals surface area contributed by atoms with Crippen molar-refractivity contribution in [1.29, 1.82) is 0 Å². The summed E-state index contributed by atoms with van der Waals surface area (Å²) < 4.78 is 14.0. The summed E-state index contributed by atoms with van der Waals surface area (Å²) in [6.45, 7) is 0.886. The molecule has 1 aliphatic rings. The number of phosphoric acid groups is 1. The van der Waals surface area contributed by atoms with Crippen LogP contribution in [-0.2, 0) is 11.0 Å².